The number of ketones is 2. The fourth-order valence-electron chi connectivity index (χ4n) is 5.36. The van der Waals surface area contributed by atoms with Crippen molar-refractivity contribution >= 4 is 45.8 Å². The number of fused-ring (bicyclic) bond motifs is 3. The first kappa shape index (κ1) is 22.4. The van der Waals surface area contributed by atoms with Crippen LogP contribution in [0.1, 0.15) is 17.5 Å². The number of amides is 1. The number of aliphatic hydroxyl groups excluding tert-OH is 2. The van der Waals surface area contributed by atoms with Crippen LogP contribution in [0.15, 0.2) is 34.2 Å². The number of benzene rings is 1. The summed E-state index contributed by atoms with van der Waals surface area (Å²) >= 11 is 2.06. The van der Waals surface area contributed by atoms with Crippen molar-refractivity contribution in [2.45, 2.75) is 24.4 Å². The molecule has 1 aromatic rings. The SMILES string of the molecule is CN(C)[C@@H]1C(=O)C(C(N)=O)=C(O)[C@@]2(N=O)C(=O)C3=C(O)c4c(O)ccc(I)c4CC3CC12. The number of hydrogen-bond acceptors (Lipinski definition) is 9. The Bertz CT molecular complexity index is 1170. The standard InChI is InChI=1S/C21H20IN3O7/c1-25(2)15-9-6-7-5-8-10(22)3-4-11(26)13(8)16(27)12(7)18(29)21(9,24-32)19(30)14(17(15)28)20(23)31/h3-4,7,9,15,26-27,30H,5-6H2,1-2H3,(H2,23,31)/t7?,9?,15-,21-/m0/s1. The number of phenolic OH excluding ortho intramolecular Hbond substituents is 1. The maximum atomic E-state index is 13.7. The van der Waals surface area contributed by atoms with Crippen LogP contribution in [-0.4, -0.2) is 63.4 Å². The van der Waals surface area contributed by atoms with Gasteiger partial charge in [-0.1, -0.05) is 0 Å². The minimum absolute atomic E-state index is 0.0484. The Hall–Kier alpha value is -2.80. The number of halogens is 1. The second kappa shape index (κ2) is 7.37. The Kier molecular flexibility index (Phi) is 5.16. The van der Waals surface area contributed by atoms with E-state index in [1.54, 1.807) is 20.2 Å². The van der Waals surface area contributed by atoms with E-state index in [1.165, 1.54) is 11.0 Å². The first-order valence-electron chi connectivity index (χ1n) is 9.76. The number of primary amides is 1. The van der Waals surface area contributed by atoms with Gasteiger partial charge in [0.05, 0.1) is 11.6 Å². The molecule has 11 heteroatoms. The second-order valence-electron chi connectivity index (χ2n) is 8.47. The molecular weight excluding hydrogens is 533 g/mol. The van der Waals surface area contributed by atoms with Gasteiger partial charge in [-0.3, -0.25) is 19.3 Å². The molecule has 0 aliphatic heterocycles. The Morgan fingerprint density at radius 1 is 1.25 bits per heavy atom. The molecule has 0 spiro atoms. The number of nitrogens with two attached hydrogens (primary N) is 1. The molecule has 3 aliphatic carbocycles. The van der Waals surface area contributed by atoms with Gasteiger partial charge < -0.3 is 21.1 Å². The summed E-state index contributed by atoms with van der Waals surface area (Å²) in [5.41, 5.74) is 2.50. The number of likely N-dealkylation sites (N-methyl/N-ethyl adjacent to an activating group) is 1. The number of nitroso groups, excluding NO2 is 1. The van der Waals surface area contributed by atoms with E-state index in [9.17, 15) is 34.6 Å². The van der Waals surface area contributed by atoms with Crippen LogP contribution in [-0.2, 0) is 20.8 Å². The fourth-order valence-corrected chi connectivity index (χ4v) is 6.03. The smallest absolute Gasteiger partial charge is 0.255 e. The highest BCUT2D eigenvalue weighted by Gasteiger charge is 2.66. The zero-order chi connectivity index (χ0) is 23.7. The molecule has 168 valence electrons. The minimum atomic E-state index is -2.50. The van der Waals surface area contributed by atoms with Gasteiger partial charge in [-0.05, 0) is 78.3 Å². The van der Waals surface area contributed by atoms with Crippen molar-refractivity contribution < 1.29 is 29.7 Å². The highest BCUT2D eigenvalue weighted by molar-refractivity contribution is 14.1. The molecule has 0 radical (unpaired) electrons. The summed E-state index contributed by atoms with van der Waals surface area (Å²) in [4.78, 5) is 52.5. The fraction of sp³-hybridized carbons (Fsp3) is 0.381. The zero-order valence-electron chi connectivity index (χ0n) is 17.1. The van der Waals surface area contributed by atoms with E-state index in [-0.39, 0.29) is 29.7 Å². The lowest BCUT2D eigenvalue weighted by molar-refractivity contribution is -0.134. The Morgan fingerprint density at radius 3 is 2.47 bits per heavy atom. The molecule has 5 N–H and O–H groups in total. The molecule has 1 fully saturated rings. The van der Waals surface area contributed by atoms with Crippen molar-refractivity contribution in [3.8, 4) is 5.75 Å². The van der Waals surface area contributed by atoms with Crippen LogP contribution in [0.5, 0.6) is 5.75 Å². The number of carbonyl (C=O) groups is 3. The average molecular weight is 553 g/mol. The van der Waals surface area contributed by atoms with Crippen LogP contribution in [0.25, 0.3) is 5.76 Å². The van der Waals surface area contributed by atoms with Gasteiger partial charge in [0.15, 0.2) is 5.78 Å². The van der Waals surface area contributed by atoms with E-state index in [4.69, 9.17) is 5.73 Å². The predicted molar refractivity (Wildman–Crippen MR) is 121 cm³/mol. The van der Waals surface area contributed by atoms with Crippen molar-refractivity contribution in [3.63, 3.8) is 0 Å². The first-order valence-corrected chi connectivity index (χ1v) is 10.8. The molecular formula is C21H20IN3O7. The highest BCUT2D eigenvalue weighted by Crippen LogP contribution is 2.54. The largest absolute Gasteiger partial charge is 0.508 e. The molecule has 1 aromatic carbocycles. The summed E-state index contributed by atoms with van der Waals surface area (Å²) in [6.07, 6.45) is 0.312. The molecule has 3 aliphatic rings. The number of Topliss-reactive ketones (excluding diaryl/α,β-unsaturated/α-hetero) is 2. The normalized spacial score (nSPS) is 29.6. The summed E-state index contributed by atoms with van der Waals surface area (Å²) in [5.74, 6) is -6.60. The van der Waals surface area contributed by atoms with Crippen molar-refractivity contribution in [1.82, 2.24) is 4.90 Å². The minimum Gasteiger partial charge on any atom is -0.508 e. The molecule has 2 unspecified atom stereocenters. The maximum absolute atomic E-state index is 13.7. The Morgan fingerprint density at radius 2 is 1.91 bits per heavy atom. The number of hydrogen-bond donors (Lipinski definition) is 4. The average Bonchev–Trinajstić information content (AvgIpc) is 2.70. The first-order chi connectivity index (χ1) is 15.0. The van der Waals surface area contributed by atoms with Crippen molar-refractivity contribution in [3.05, 3.63) is 48.6 Å². The molecule has 1 amide bonds. The molecule has 4 rings (SSSR count). The molecule has 0 bridgehead atoms. The molecule has 0 saturated heterocycles. The van der Waals surface area contributed by atoms with Crippen molar-refractivity contribution in [2.24, 2.45) is 22.7 Å². The number of aliphatic hydroxyl groups is 2. The van der Waals surface area contributed by atoms with Gasteiger partial charge >= 0.3 is 0 Å². The van der Waals surface area contributed by atoms with E-state index in [1.807, 2.05) is 0 Å². The van der Waals surface area contributed by atoms with Crippen LogP contribution in [0.3, 0.4) is 0 Å². The Labute approximate surface area is 195 Å². The molecule has 0 heterocycles. The van der Waals surface area contributed by atoms with E-state index in [0.717, 1.165) is 3.57 Å². The van der Waals surface area contributed by atoms with Gasteiger partial charge in [0.25, 0.3) is 5.91 Å². The summed E-state index contributed by atoms with van der Waals surface area (Å²) < 4.78 is 0.765. The lowest BCUT2D eigenvalue weighted by Crippen LogP contribution is -2.64. The topological polar surface area (TPSA) is 171 Å². The summed E-state index contributed by atoms with van der Waals surface area (Å²) in [7, 11) is 3.09. The summed E-state index contributed by atoms with van der Waals surface area (Å²) in [5, 5.41) is 35.2. The number of aromatic hydroxyl groups is 1. The number of carbonyl (C=O) groups excluding carboxylic acids is 3. The number of phenols is 1. The molecule has 4 atom stereocenters. The third-order valence-electron chi connectivity index (χ3n) is 6.69. The number of nitrogens with zero attached hydrogens (tertiary/aromatic N) is 2. The van der Waals surface area contributed by atoms with Crippen LogP contribution >= 0.6 is 22.6 Å². The van der Waals surface area contributed by atoms with E-state index in [2.05, 4.69) is 27.8 Å². The molecule has 1 saturated carbocycles. The number of rotatable bonds is 3. The molecule has 0 aromatic heterocycles. The van der Waals surface area contributed by atoms with Crippen LogP contribution in [0, 0.1) is 20.3 Å². The van der Waals surface area contributed by atoms with Gasteiger partial charge in [-0.2, -0.15) is 0 Å². The predicted octanol–water partition coefficient (Wildman–Crippen LogP) is 1.34. The highest BCUT2D eigenvalue weighted by atomic mass is 127. The van der Waals surface area contributed by atoms with Crippen molar-refractivity contribution in [1.29, 1.82) is 0 Å². The monoisotopic (exact) mass is 553 g/mol. The second-order valence-corrected chi connectivity index (χ2v) is 9.64. The summed E-state index contributed by atoms with van der Waals surface area (Å²) in [6.45, 7) is 0. The zero-order valence-corrected chi connectivity index (χ0v) is 19.3. The van der Waals surface area contributed by atoms with Crippen LogP contribution < -0.4 is 5.73 Å². The third kappa shape index (κ3) is 2.70. The molecule has 32 heavy (non-hydrogen) atoms. The summed E-state index contributed by atoms with van der Waals surface area (Å²) in [6, 6.07) is 1.93. The van der Waals surface area contributed by atoms with Gasteiger partial charge in [0.1, 0.15) is 22.8 Å². The van der Waals surface area contributed by atoms with E-state index < -0.39 is 58.0 Å². The lowest BCUT2D eigenvalue weighted by atomic mass is 9.56. The van der Waals surface area contributed by atoms with Gasteiger partial charge in [-0.25, -0.2) is 0 Å². The maximum Gasteiger partial charge on any atom is 0.255 e. The lowest BCUT2D eigenvalue weighted by Gasteiger charge is -2.49. The van der Waals surface area contributed by atoms with Gasteiger partial charge in [-0.15, -0.1) is 4.91 Å². The van der Waals surface area contributed by atoms with Crippen LogP contribution in [0.2, 0.25) is 0 Å². The van der Waals surface area contributed by atoms with Crippen molar-refractivity contribution in [2.75, 3.05) is 14.1 Å². The van der Waals surface area contributed by atoms with Gasteiger partial charge in [0, 0.05) is 15.1 Å². The third-order valence-corrected chi connectivity index (χ3v) is 7.70. The van der Waals surface area contributed by atoms with E-state index in [0.29, 0.717) is 5.56 Å². The quantitative estimate of drug-likeness (QED) is 0.247. The molecule has 10 nitrogen and oxygen atoms in total. The van der Waals surface area contributed by atoms with Gasteiger partial charge in [0.2, 0.25) is 11.3 Å². The Balaban J connectivity index is 2.04. The van der Waals surface area contributed by atoms with E-state index >= 15 is 0 Å². The van der Waals surface area contributed by atoms with Crippen LogP contribution in [0.4, 0.5) is 0 Å².